The van der Waals surface area contributed by atoms with Crippen molar-refractivity contribution in [2.24, 2.45) is 5.92 Å². The largest absolute Gasteiger partial charge is 0.494 e. The Hall–Kier alpha value is -1.77. The van der Waals surface area contributed by atoms with E-state index in [-0.39, 0.29) is 24.4 Å². The molecule has 0 aliphatic carbocycles. The second-order valence-corrected chi connectivity index (χ2v) is 12.9. The fourth-order valence-electron chi connectivity index (χ4n) is 5.41. The average Bonchev–Trinajstić information content (AvgIpc) is 3.34. The highest BCUT2D eigenvalue weighted by atomic mass is 16.7. The molecule has 200 valence electrons. The van der Waals surface area contributed by atoms with Gasteiger partial charge >= 0.3 is 13.2 Å². The molecule has 3 heterocycles. The highest BCUT2D eigenvalue weighted by molar-refractivity contribution is 6.62. The van der Waals surface area contributed by atoms with Gasteiger partial charge in [-0.2, -0.15) is 0 Å². The Morgan fingerprint density at radius 3 is 2.17 bits per heavy atom. The summed E-state index contributed by atoms with van der Waals surface area (Å²) >= 11 is 0. The molecule has 0 N–H and O–H groups in total. The van der Waals surface area contributed by atoms with Crippen LogP contribution in [-0.4, -0.2) is 85.6 Å². The maximum atomic E-state index is 12.4. The van der Waals surface area contributed by atoms with Gasteiger partial charge in [0.2, 0.25) is 0 Å². The topological polar surface area (TPSA) is 54.5 Å². The first-order valence-corrected chi connectivity index (χ1v) is 13.6. The van der Waals surface area contributed by atoms with Crippen LogP contribution in [0.15, 0.2) is 24.3 Å². The zero-order valence-electron chi connectivity index (χ0n) is 23.7. The van der Waals surface area contributed by atoms with Crippen molar-refractivity contribution in [3.05, 3.63) is 24.3 Å². The quantitative estimate of drug-likeness (QED) is 0.568. The summed E-state index contributed by atoms with van der Waals surface area (Å²) < 4.78 is 18.0. The van der Waals surface area contributed by atoms with E-state index in [0.717, 1.165) is 51.0 Å². The Labute approximate surface area is 218 Å². The molecule has 1 aromatic carbocycles. The van der Waals surface area contributed by atoms with Gasteiger partial charge in [-0.3, -0.25) is 0 Å². The number of carbonyl (C=O) groups is 1. The number of likely N-dealkylation sites (tertiary alicyclic amines) is 1. The smallest absolute Gasteiger partial charge is 0.444 e. The Morgan fingerprint density at radius 2 is 1.61 bits per heavy atom. The van der Waals surface area contributed by atoms with Gasteiger partial charge in [0, 0.05) is 44.5 Å². The number of ether oxygens (including phenoxy) is 1. The molecule has 4 rings (SSSR count). The van der Waals surface area contributed by atoms with Crippen LogP contribution in [-0.2, 0) is 14.0 Å². The molecule has 1 aromatic rings. The molecular formula is C28H46BN3O4. The predicted molar refractivity (Wildman–Crippen MR) is 146 cm³/mol. The van der Waals surface area contributed by atoms with Crippen LogP contribution in [0.2, 0.25) is 0 Å². The van der Waals surface area contributed by atoms with Crippen molar-refractivity contribution in [2.45, 2.75) is 90.6 Å². The molecule has 3 aliphatic rings. The first-order valence-electron chi connectivity index (χ1n) is 13.6. The molecule has 0 radical (unpaired) electrons. The Kier molecular flexibility index (Phi) is 7.72. The number of piperidine rings is 1. The molecule has 0 spiro atoms. The first-order chi connectivity index (χ1) is 16.7. The van der Waals surface area contributed by atoms with Crippen LogP contribution in [0, 0.1) is 5.92 Å². The fourth-order valence-corrected chi connectivity index (χ4v) is 5.41. The minimum absolute atomic E-state index is 0.181. The maximum Gasteiger partial charge on any atom is 0.494 e. The predicted octanol–water partition coefficient (Wildman–Crippen LogP) is 4.14. The molecule has 0 unspecified atom stereocenters. The van der Waals surface area contributed by atoms with Gasteiger partial charge in [-0.05, 0) is 98.3 Å². The molecular weight excluding hydrogens is 453 g/mol. The van der Waals surface area contributed by atoms with Crippen molar-refractivity contribution in [1.29, 1.82) is 0 Å². The maximum absolute atomic E-state index is 12.4. The van der Waals surface area contributed by atoms with Crippen LogP contribution in [0.25, 0.3) is 0 Å². The van der Waals surface area contributed by atoms with Crippen molar-refractivity contribution in [1.82, 2.24) is 9.80 Å². The molecule has 3 saturated heterocycles. The monoisotopic (exact) mass is 499 g/mol. The second kappa shape index (κ2) is 10.2. The molecule has 0 bridgehead atoms. The third-order valence-electron chi connectivity index (χ3n) is 8.36. The van der Waals surface area contributed by atoms with Crippen LogP contribution in [0.1, 0.15) is 67.7 Å². The Morgan fingerprint density at radius 1 is 1.03 bits per heavy atom. The highest BCUT2D eigenvalue weighted by Gasteiger charge is 2.51. The number of anilines is 1. The third-order valence-corrected chi connectivity index (χ3v) is 8.36. The molecule has 1 atom stereocenters. The van der Waals surface area contributed by atoms with Gasteiger partial charge in [-0.1, -0.05) is 12.1 Å². The fraction of sp³-hybridized carbons (Fsp3) is 0.750. The summed E-state index contributed by atoms with van der Waals surface area (Å²) in [4.78, 5) is 19.2. The lowest BCUT2D eigenvalue weighted by molar-refractivity contribution is 0.00578. The van der Waals surface area contributed by atoms with Gasteiger partial charge in [-0.25, -0.2) is 4.79 Å². The number of hydrogen-bond acceptors (Lipinski definition) is 6. The summed E-state index contributed by atoms with van der Waals surface area (Å²) in [6, 6.07) is 9.24. The van der Waals surface area contributed by atoms with Crippen molar-refractivity contribution >= 4 is 24.4 Å². The average molecular weight is 500 g/mol. The lowest BCUT2D eigenvalue weighted by Gasteiger charge is -2.38. The van der Waals surface area contributed by atoms with E-state index in [9.17, 15) is 4.79 Å². The zero-order chi connectivity index (χ0) is 26.3. The Bertz CT molecular complexity index is 890. The van der Waals surface area contributed by atoms with Gasteiger partial charge < -0.3 is 28.7 Å². The van der Waals surface area contributed by atoms with E-state index in [2.05, 4.69) is 68.8 Å². The summed E-state index contributed by atoms with van der Waals surface area (Å²) in [5.41, 5.74) is 1.26. The number of nitrogens with zero attached hydrogens (tertiary/aromatic N) is 3. The number of rotatable bonds is 5. The van der Waals surface area contributed by atoms with Crippen molar-refractivity contribution in [3.63, 3.8) is 0 Å². The molecule has 3 fully saturated rings. The van der Waals surface area contributed by atoms with Gasteiger partial charge in [0.15, 0.2) is 0 Å². The molecule has 0 saturated carbocycles. The van der Waals surface area contributed by atoms with Crippen LogP contribution in [0.5, 0.6) is 0 Å². The first kappa shape index (κ1) is 27.3. The van der Waals surface area contributed by atoms with E-state index in [1.807, 2.05) is 25.7 Å². The van der Waals surface area contributed by atoms with E-state index in [1.165, 1.54) is 12.1 Å². The van der Waals surface area contributed by atoms with Crippen molar-refractivity contribution in [3.8, 4) is 0 Å². The minimum Gasteiger partial charge on any atom is -0.444 e. The zero-order valence-corrected chi connectivity index (χ0v) is 23.7. The summed E-state index contributed by atoms with van der Waals surface area (Å²) in [5.74, 6) is 0.654. The number of benzene rings is 1. The van der Waals surface area contributed by atoms with E-state index < -0.39 is 5.60 Å². The van der Waals surface area contributed by atoms with E-state index >= 15 is 0 Å². The second-order valence-electron chi connectivity index (χ2n) is 12.9. The molecule has 7 nitrogen and oxygen atoms in total. The van der Waals surface area contributed by atoms with Crippen molar-refractivity contribution < 1.29 is 18.8 Å². The lowest BCUT2D eigenvalue weighted by atomic mass is 9.79. The van der Waals surface area contributed by atoms with Crippen LogP contribution >= 0.6 is 0 Å². The third kappa shape index (κ3) is 6.20. The summed E-state index contributed by atoms with van der Waals surface area (Å²) in [7, 11) is 1.93. The van der Waals surface area contributed by atoms with E-state index in [1.54, 1.807) is 0 Å². The standard InChI is InChI=1S/C28H46BN3O4/c1-26(2,3)34-25(33)31-17-14-23(15-18-31)30(8)19-21-13-16-32(20-21)24-11-9-22(10-12-24)29-35-27(4,5)28(6,7)36-29/h9-12,21,23H,13-20H2,1-8H3/t21-/m1/s1. The summed E-state index contributed by atoms with van der Waals surface area (Å²) in [6.07, 6.45) is 3.04. The van der Waals surface area contributed by atoms with Crippen LogP contribution < -0.4 is 10.4 Å². The van der Waals surface area contributed by atoms with Gasteiger partial charge in [0.25, 0.3) is 0 Å². The molecule has 36 heavy (non-hydrogen) atoms. The Balaban J connectivity index is 1.24. The normalized spacial score (nSPS) is 24.6. The van der Waals surface area contributed by atoms with Gasteiger partial charge in [-0.15, -0.1) is 0 Å². The molecule has 3 aliphatic heterocycles. The van der Waals surface area contributed by atoms with Crippen LogP contribution in [0.4, 0.5) is 10.5 Å². The number of amides is 1. The van der Waals surface area contributed by atoms with Crippen LogP contribution in [0.3, 0.4) is 0 Å². The van der Waals surface area contributed by atoms with E-state index in [4.69, 9.17) is 14.0 Å². The molecule has 0 aromatic heterocycles. The van der Waals surface area contributed by atoms with Gasteiger partial charge in [0.05, 0.1) is 11.2 Å². The van der Waals surface area contributed by atoms with Gasteiger partial charge in [0.1, 0.15) is 5.60 Å². The summed E-state index contributed by atoms with van der Waals surface area (Å²) in [5, 5.41) is 0. The SMILES string of the molecule is CN(C[C@H]1CCN(c2ccc(B3OC(C)(C)C(C)(C)O3)cc2)C1)C1CCN(C(=O)OC(C)(C)C)CC1. The molecule has 8 heteroatoms. The van der Waals surface area contributed by atoms with Crippen molar-refractivity contribution in [2.75, 3.05) is 44.7 Å². The molecule has 1 amide bonds. The lowest BCUT2D eigenvalue weighted by Crippen LogP contribution is -2.48. The number of hydrogen-bond donors (Lipinski definition) is 0. The number of carbonyl (C=O) groups excluding carboxylic acids is 1. The van der Waals surface area contributed by atoms with E-state index in [0.29, 0.717) is 12.0 Å². The summed E-state index contributed by atoms with van der Waals surface area (Å²) in [6.45, 7) is 18.9. The minimum atomic E-state index is -0.439. The highest BCUT2D eigenvalue weighted by Crippen LogP contribution is 2.36.